The molecule has 2 aromatic carbocycles. The molecular weight excluding hydrogens is 294 g/mol. The fourth-order valence-corrected chi connectivity index (χ4v) is 2.38. The minimum absolute atomic E-state index is 0.171. The molecule has 0 spiro atoms. The average molecular weight is 316 g/mol. The number of nitrogens with zero attached hydrogens (tertiary/aromatic N) is 2. The number of benzene rings is 2. The van der Waals surface area contributed by atoms with Crippen LogP contribution in [0.2, 0.25) is 0 Å². The van der Waals surface area contributed by atoms with E-state index < -0.39 is 0 Å². The topological polar surface area (TPSA) is 41.6 Å². The SMILES string of the molecule is CCc1cccc(N(C)C(N)=NCC(Cl)c2ccccc2)c1. The summed E-state index contributed by atoms with van der Waals surface area (Å²) in [6, 6.07) is 18.2. The molecular formula is C18H22ClN3. The summed E-state index contributed by atoms with van der Waals surface area (Å²) in [5.41, 5.74) is 9.45. The van der Waals surface area contributed by atoms with Gasteiger partial charge >= 0.3 is 0 Å². The second kappa shape index (κ2) is 7.85. The molecule has 116 valence electrons. The van der Waals surface area contributed by atoms with Gasteiger partial charge in [-0.3, -0.25) is 4.99 Å². The van der Waals surface area contributed by atoms with Crippen molar-refractivity contribution in [2.24, 2.45) is 10.7 Å². The number of nitrogens with two attached hydrogens (primary N) is 1. The van der Waals surface area contributed by atoms with Crippen LogP contribution in [0.1, 0.15) is 23.4 Å². The number of aliphatic imine (C=N–C) groups is 1. The molecule has 0 saturated carbocycles. The maximum absolute atomic E-state index is 6.37. The quantitative estimate of drug-likeness (QED) is 0.515. The van der Waals surface area contributed by atoms with Crippen molar-refractivity contribution < 1.29 is 0 Å². The Labute approximate surface area is 137 Å². The minimum atomic E-state index is -0.171. The second-order valence-corrected chi connectivity index (χ2v) is 5.69. The standard InChI is InChI=1S/C18H22ClN3/c1-3-14-8-7-11-16(12-14)22(2)18(20)21-13-17(19)15-9-5-4-6-10-15/h4-12,17H,3,13H2,1-2H3,(H2,20,21). The molecule has 0 bridgehead atoms. The third kappa shape index (κ3) is 4.25. The number of aryl methyl sites for hydroxylation is 1. The Morgan fingerprint density at radius 1 is 1.18 bits per heavy atom. The van der Waals surface area contributed by atoms with E-state index in [1.807, 2.05) is 54.4 Å². The maximum Gasteiger partial charge on any atom is 0.195 e. The van der Waals surface area contributed by atoms with E-state index in [0.717, 1.165) is 17.7 Å². The highest BCUT2D eigenvalue weighted by Crippen LogP contribution is 2.20. The van der Waals surface area contributed by atoms with Crippen molar-refractivity contribution in [3.8, 4) is 0 Å². The van der Waals surface area contributed by atoms with Gasteiger partial charge in [0.15, 0.2) is 5.96 Å². The van der Waals surface area contributed by atoms with E-state index >= 15 is 0 Å². The summed E-state index contributed by atoms with van der Waals surface area (Å²) in [4.78, 5) is 6.30. The molecule has 4 heteroatoms. The molecule has 22 heavy (non-hydrogen) atoms. The molecule has 0 aliphatic carbocycles. The zero-order valence-corrected chi connectivity index (χ0v) is 13.8. The van der Waals surface area contributed by atoms with Crippen LogP contribution in [0.5, 0.6) is 0 Å². The number of anilines is 1. The molecule has 0 aromatic heterocycles. The van der Waals surface area contributed by atoms with E-state index in [9.17, 15) is 0 Å². The van der Waals surface area contributed by atoms with Gasteiger partial charge < -0.3 is 10.6 Å². The molecule has 2 aromatic rings. The van der Waals surface area contributed by atoms with E-state index in [-0.39, 0.29) is 5.38 Å². The number of halogens is 1. The summed E-state index contributed by atoms with van der Waals surface area (Å²) >= 11 is 6.37. The van der Waals surface area contributed by atoms with Crippen molar-refractivity contribution in [3.05, 3.63) is 65.7 Å². The third-order valence-electron chi connectivity index (χ3n) is 3.62. The van der Waals surface area contributed by atoms with Gasteiger partial charge in [0.25, 0.3) is 0 Å². The predicted octanol–water partition coefficient (Wildman–Crippen LogP) is 3.98. The highest BCUT2D eigenvalue weighted by atomic mass is 35.5. The largest absolute Gasteiger partial charge is 0.370 e. The van der Waals surface area contributed by atoms with Crippen LogP contribution in [0, 0.1) is 0 Å². The van der Waals surface area contributed by atoms with Crippen molar-refractivity contribution in [3.63, 3.8) is 0 Å². The van der Waals surface area contributed by atoms with Gasteiger partial charge in [-0.15, -0.1) is 11.6 Å². The number of hydrogen-bond acceptors (Lipinski definition) is 1. The molecule has 0 saturated heterocycles. The predicted molar refractivity (Wildman–Crippen MR) is 95.7 cm³/mol. The molecule has 0 aliphatic heterocycles. The Bertz CT molecular complexity index is 625. The van der Waals surface area contributed by atoms with Gasteiger partial charge in [0.05, 0.1) is 11.9 Å². The van der Waals surface area contributed by atoms with Gasteiger partial charge in [0, 0.05) is 12.7 Å². The highest BCUT2D eigenvalue weighted by molar-refractivity contribution is 6.21. The first-order chi connectivity index (χ1) is 10.6. The molecule has 0 heterocycles. The lowest BCUT2D eigenvalue weighted by molar-refractivity contribution is 0.921. The normalized spacial score (nSPS) is 13.0. The molecule has 0 amide bonds. The van der Waals surface area contributed by atoms with Crippen LogP contribution in [-0.4, -0.2) is 19.6 Å². The molecule has 1 atom stereocenters. The molecule has 0 aliphatic rings. The summed E-state index contributed by atoms with van der Waals surface area (Å²) < 4.78 is 0. The highest BCUT2D eigenvalue weighted by Gasteiger charge is 2.09. The Morgan fingerprint density at radius 3 is 2.59 bits per heavy atom. The van der Waals surface area contributed by atoms with E-state index in [1.165, 1.54) is 5.56 Å². The monoisotopic (exact) mass is 315 g/mol. The zero-order chi connectivity index (χ0) is 15.9. The zero-order valence-electron chi connectivity index (χ0n) is 13.0. The Balaban J connectivity index is 2.04. The summed E-state index contributed by atoms with van der Waals surface area (Å²) in [5.74, 6) is 0.467. The molecule has 3 nitrogen and oxygen atoms in total. The molecule has 1 unspecified atom stereocenters. The first-order valence-electron chi connectivity index (χ1n) is 7.43. The molecule has 0 fully saturated rings. The Hall–Kier alpha value is -2.00. The molecule has 0 radical (unpaired) electrons. The fourth-order valence-electron chi connectivity index (χ4n) is 2.16. The Morgan fingerprint density at radius 2 is 1.91 bits per heavy atom. The maximum atomic E-state index is 6.37. The first-order valence-corrected chi connectivity index (χ1v) is 7.87. The third-order valence-corrected chi connectivity index (χ3v) is 4.01. The number of guanidine groups is 1. The van der Waals surface area contributed by atoms with E-state index in [2.05, 4.69) is 24.0 Å². The summed E-state index contributed by atoms with van der Waals surface area (Å²) in [6.07, 6.45) is 0.997. The van der Waals surface area contributed by atoms with E-state index in [0.29, 0.717) is 12.5 Å². The number of rotatable bonds is 5. The van der Waals surface area contributed by atoms with Crippen molar-refractivity contribution >= 4 is 23.2 Å². The second-order valence-electron chi connectivity index (χ2n) is 5.16. The summed E-state index contributed by atoms with van der Waals surface area (Å²) in [6.45, 7) is 2.59. The van der Waals surface area contributed by atoms with Crippen LogP contribution in [0.4, 0.5) is 5.69 Å². The molecule has 2 rings (SSSR count). The van der Waals surface area contributed by atoms with Gasteiger partial charge in [-0.05, 0) is 29.7 Å². The smallest absolute Gasteiger partial charge is 0.195 e. The van der Waals surface area contributed by atoms with E-state index in [1.54, 1.807) is 0 Å². The van der Waals surface area contributed by atoms with Crippen molar-refractivity contribution in [1.82, 2.24) is 0 Å². The number of alkyl halides is 1. The van der Waals surface area contributed by atoms with Crippen LogP contribution in [0.25, 0.3) is 0 Å². The lowest BCUT2D eigenvalue weighted by Crippen LogP contribution is -2.34. The van der Waals surface area contributed by atoms with Gasteiger partial charge in [-0.1, -0.05) is 49.4 Å². The number of hydrogen-bond donors (Lipinski definition) is 1. The lowest BCUT2D eigenvalue weighted by Gasteiger charge is -2.19. The fraction of sp³-hybridized carbons (Fsp3) is 0.278. The van der Waals surface area contributed by atoms with Crippen LogP contribution in [0.15, 0.2) is 59.6 Å². The van der Waals surface area contributed by atoms with Gasteiger partial charge in [0.1, 0.15) is 0 Å². The van der Waals surface area contributed by atoms with Crippen LogP contribution in [-0.2, 0) is 6.42 Å². The first kappa shape index (κ1) is 16.4. The van der Waals surface area contributed by atoms with Gasteiger partial charge in [-0.25, -0.2) is 0 Å². The summed E-state index contributed by atoms with van der Waals surface area (Å²) in [5, 5.41) is -0.171. The lowest BCUT2D eigenvalue weighted by atomic mass is 10.1. The van der Waals surface area contributed by atoms with Crippen LogP contribution < -0.4 is 10.6 Å². The average Bonchev–Trinajstić information content (AvgIpc) is 2.59. The van der Waals surface area contributed by atoms with Gasteiger partial charge in [-0.2, -0.15) is 0 Å². The minimum Gasteiger partial charge on any atom is -0.370 e. The molecule has 2 N–H and O–H groups in total. The van der Waals surface area contributed by atoms with E-state index in [4.69, 9.17) is 17.3 Å². The Kier molecular flexibility index (Phi) is 5.84. The van der Waals surface area contributed by atoms with Crippen molar-refractivity contribution in [1.29, 1.82) is 0 Å². The van der Waals surface area contributed by atoms with Crippen LogP contribution in [0.3, 0.4) is 0 Å². The van der Waals surface area contributed by atoms with Crippen molar-refractivity contribution in [2.45, 2.75) is 18.7 Å². The van der Waals surface area contributed by atoms with Crippen LogP contribution >= 0.6 is 11.6 Å². The van der Waals surface area contributed by atoms with Crippen molar-refractivity contribution in [2.75, 3.05) is 18.5 Å². The summed E-state index contributed by atoms with van der Waals surface area (Å²) in [7, 11) is 1.92. The van der Waals surface area contributed by atoms with Gasteiger partial charge in [0.2, 0.25) is 0 Å².